The van der Waals surface area contributed by atoms with Crippen molar-refractivity contribution in [1.82, 2.24) is 15.0 Å². The second kappa shape index (κ2) is 7.26. The van der Waals surface area contributed by atoms with Crippen LogP contribution in [0.2, 0.25) is 0 Å². The maximum Gasteiger partial charge on any atom is 0.252 e. The summed E-state index contributed by atoms with van der Waals surface area (Å²) in [5.41, 5.74) is 4.74. The lowest BCUT2D eigenvalue weighted by atomic mass is 9.88. The van der Waals surface area contributed by atoms with Crippen LogP contribution in [-0.4, -0.2) is 34.0 Å². The maximum absolute atomic E-state index is 13.0. The number of benzene rings is 1. The van der Waals surface area contributed by atoms with Crippen molar-refractivity contribution in [2.45, 2.75) is 44.6 Å². The highest BCUT2D eigenvalue weighted by Gasteiger charge is 2.45. The summed E-state index contributed by atoms with van der Waals surface area (Å²) in [6.07, 6.45) is 5.21. The van der Waals surface area contributed by atoms with Crippen molar-refractivity contribution in [2.24, 2.45) is 10.2 Å². The lowest BCUT2D eigenvalue weighted by Crippen LogP contribution is -2.44. The first-order valence-electron chi connectivity index (χ1n) is 9.40. The van der Waals surface area contributed by atoms with Crippen molar-refractivity contribution in [3.63, 3.8) is 0 Å². The molecule has 0 saturated heterocycles. The number of hydrogen-bond acceptors (Lipinski definition) is 5. The Morgan fingerprint density at radius 1 is 1.36 bits per heavy atom. The molecule has 0 spiro atoms. The Kier molecular flexibility index (Phi) is 4.78. The molecule has 0 bridgehead atoms. The summed E-state index contributed by atoms with van der Waals surface area (Å²) in [6, 6.07) is 5.83. The van der Waals surface area contributed by atoms with Crippen molar-refractivity contribution in [3.8, 4) is 11.1 Å². The fraction of sp³-hybridized carbons (Fsp3) is 0.400. The fourth-order valence-corrected chi connectivity index (χ4v) is 3.59. The average Bonchev–Trinajstić information content (AvgIpc) is 3.05. The molecule has 2 N–H and O–H groups in total. The third kappa shape index (κ3) is 3.58. The SMILES string of the molecule is CCCc1cc(-c2c[nH]c3nc(NC4CC(F)(F)C4)ncc23)ccc1N=NC.[HH].[HH]. The third-order valence-corrected chi connectivity index (χ3v) is 4.97. The van der Waals surface area contributed by atoms with E-state index in [4.69, 9.17) is 0 Å². The summed E-state index contributed by atoms with van der Waals surface area (Å²) in [5.74, 6) is -2.20. The molecule has 0 atom stereocenters. The molecule has 150 valence electrons. The first-order chi connectivity index (χ1) is 13.5. The zero-order valence-electron chi connectivity index (χ0n) is 15.8. The largest absolute Gasteiger partial charge is 0.351 e. The molecule has 0 unspecified atom stereocenters. The van der Waals surface area contributed by atoms with Crippen molar-refractivity contribution >= 4 is 22.7 Å². The number of aryl methyl sites for hydroxylation is 1. The fourth-order valence-electron chi connectivity index (χ4n) is 3.59. The number of H-pyrrole nitrogens is 1. The van der Waals surface area contributed by atoms with E-state index in [-0.39, 0.29) is 21.7 Å². The van der Waals surface area contributed by atoms with Gasteiger partial charge in [0.2, 0.25) is 5.95 Å². The third-order valence-electron chi connectivity index (χ3n) is 4.97. The number of azo groups is 1. The molecule has 2 aromatic heterocycles. The van der Waals surface area contributed by atoms with Crippen LogP contribution in [0.1, 0.15) is 34.6 Å². The zero-order chi connectivity index (χ0) is 19.7. The van der Waals surface area contributed by atoms with Gasteiger partial charge in [0, 0.05) is 52.1 Å². The molecule has 1 aliphatic carbocycles. The molecule has 0 radical (unpaired) electrons. The number of anilines is 1. The summed E-state index contributed by atoms with van der Waals surface area (Å²) in [5, 5.41) is 12.0. The van der Waals surface area contributed by atoms with Gasteiger partial charge in [-0.2, -0.15) is 15.2 Å². The number of alkyl halides is 2. The Morgan fingerprint density at radius 2 is 2.18 bits per heavy atom. The Balaban J connectivity index is 0.00000160. The summed E-state index contributed by atoms with van der Waals surface area (Å²) in [4.78, 5) is 11.9. The predicted octanol–water partition coefficient (Wildman–Crippen LogP) is 5.99. The summed E-state index contributed by atoms with van der Waals surface area (Å²) < 4.78 is 26.0. The molecule has 1 aliphatic rings. The van der Waals surface area contributed by atoms with Gasteiger partial charge in [-0.05, 0) is 29.7 Å². The van der Waals surface area contributed by atoms with Crippen molar-refractivity contribution in [3.05, 3.63) is 36.2 Å². The van der Waals surface area contributed by atoms with Crippen molar-refractivity contribution < 1.29 is 11.6 Å². The van der Waals surface area contributed by atoms with E-state index < -0.39 is 5.92 Å². The minimum Gasteiger partial charge on any atom is -0.351 e. The monoisotopic (exact) mass is 388 g/mol. The van der Waals surface area contributed by atoms with E-state index in [1.54, 1.807) is 13.2 Å². The van der Waals surface area contributed by atoms with E-state index in [1.807, 2.05) is 18.3 Å². The molecule has 3 aromatic rings. The molecule has 6 nitrogen and oxygen atoms in total. The number of rotatable bonds is 6. The second-order valence-corrected chi connectivity index (χ2v) is 7.16. The molecule has 1 aromatic carbocycles. The molecular weight excluding hydrogens is 362 g/mol. The summed E-state index contributed by atoms with van der Waals surface area (Å²) >= 11 is 0. The molecular formula is C20H26F2N6. The first kappa shape index (κ1) is 18.5. The highest BCUT2D eigenvalue weighted by molar-refractivity contribution is 5.93. The van der Waals surface area contributed by atoms with Gasteiger partial charge in [0.1, 0.15) is 5.65 Å². The molecule has 0 aliphatic heterocycles. The Bertz CT molecular complexity index is 1030. The number of nitrogens with one attached hydrogen (secondary N) is 2. The van der Waals surface area contributed by atoms with Crippen LogP contribution in [0, 0.1) is 0 Å². The van der Waals surface area contributed by atoms with Gasteiger partial charge < -0.3 is 10.3 Å². The Hall–Kier alpha value is -2.90. The molecule has 0 amide bonds. The summed E-state index contributed by atoms with van der Waals surface area (Å²) in [6.45, 7) is 2.13. The van der Waals surface area contributed by atoms with Crippen molar-refractivity contribution in [2.75, 3.05) is 12.4 Å². The molecule has 2 heterocycles. The van der Waals surface area contributed by atoms with E-state index >= 15 is 0 Å². The quantitative estimate of drug-likeness (QED) is 0.509. The topological polar surface area (TPSA) is 78.3 Å². The lowest BCUT2D eigenvalue weighted by Gasteiger charge is -2.35. The van der Waals surface area contributed by atoms with Crippen LogP contribution in [0.25, 0.3) is 22.2 Å². The minimum atomic E-state index is -2.57. The highest BCUT2D eigenvalue weighted by Crippen LogP contribution is 2.39. The standard InChI is InChI=1S/C20H22F2N6.2H2/c1-3-4-13-7-12(5-6-17(13)28-23-2)15-10-24-18-16(15)11-25-19(27-18)26-14-8-20(21,22)9-14;;/h5-7,10-11,14H,3-4,8-9H2,1-2H3,(H2,24,25,26,27);2*1H. The first-order valence-corrected chi connectivity index (χ1v) is 9.40. The van der Waals surface area contributed by atoms with Crippen LogP contribution in [0.15, 0.2) is 40.8 Å². The van der Waals surface area contributed by atoms with Crippen LogP contribution in [0.3, 0.4) is 0 Å². The lowest BCUT2D eigenvalue weighted by molar-refractivity contribution is -0.0794. The smallest absolute Gasteiger partial charge is 0.252 e. The zero-order valence-corrected chi connectivity index (χ0v) is 15.8. The van der Waals surface area contributed by atoms with Gasteiger partial charge in [-0.1, -0.05) is 19.4 Å². The van der Waals surface area contributed by atoms with Gasteiger partial charge >= 0.3 is 0 Å². The van der Waals surface area contributed by atoms with Gasteiger partial charge in [-0.3, -0.25) is 0 Å². The molecule has 1 saturated carbocycles. The van der Waals surface area contributed by atoms with E-state index in [2.05, 4.69) is 43.5 Å². The van der Waals surface area contributed by atoms with Gasteiger partial charge in [0.05, 0.1) is 5.69 Å². The number of halogens is 2. The number of fused-ring (bicyclic) bond motifs is 1. The number of aromatic amines is 1. The Labute approximate surface area is 164 Å². The molecule has 28 heavy (non-hydrogen) atoms. The van der Waals surface area contributed by atoms with Gasteiger partial charge in [-0.15, -0.1) is 0 Å². The number of hydrogen-bond donors (Lipinski definition) is 2. The van der Waals surface area contributed by atoms with Crippen LogP contribution in [-0.2, 0) is 6.42 Å². The van der Waals surface area contributed by atoms with Crippen LogP contribution < -0.4 is 5.32 Å². The van der Waals surface area contributed by atoms with Crippen LogP contribution in [0.4, 0.5) is 20.4 Å². The average molecular weight is 388 g/mol. The van der Waals surface area contributed by atoms with Gasteiger partial charge in [0.25, 0.3) is 5.92 Å². The summed E-state index contributed by atoms with van der Waals surface area (Å²) in [7, 11) is 1.66. The van der Waals surface area contributed by atoms with Gasteiger partial charge in [-0.25, -0.2) is 13.8 Å². The number of aromatic nitrogens is 3. The minimum absolute atomic E-state index is 0. The molecule has 4 rings (SSSR count). The predicted molar refractivity (Wildman–Crippen MR) is 110 cm³/mol. The Morgan fingerprint density at radius 3 is 2.89 bits per heavy atom. The van der Waals surface area contributed by atoms with E-state index in [0.29, 0.717) is 11.6 Å². The maximum atomic E-state index is 13.0. The number of nitrogens with zero attached hydrogens (tertiary/aromatic N) is 4. The normalized spacial score (nSPS) is 16.6. The van der Waals surface area contributed by atoms with Crippen LogP contribution >= 0.6 is 0 Å². The van der Waals surface area contributed by atoms with Gasteiger partial charge in [0.15, 0.2) is 0 Å². The van der Waals surface area contributed by atoms with E-state index in [0.717, 1.165) is 40.6 Å². The second-order valence-electron chi connectivity index (χ2n) is 7.16. The van der Waals surface area contributed by atoms with E-state index in [9.17, 15) is 8.78 Å². The molecule has 1 fully saturated rings. The van der Waals surface area contributed by atoms with Crippen LogP contribution in [0.5, 0.6) is 0 Å². The highest BCUT2D eigenvalue weighted by atomic mass is 19.3. The van der Waals surface area contributed by atoms with E-state index in [1.165, 1.54) is 0 Å². The van der Waals surface area contributed by atoms with Crippen molar-refractivity contribution in [1.29, 1.82) is 0 Å². The molecule has 8 heteroatoms.